The minimum atomic E-state index is -3.65. The number of benzene rings is 4. The number of likely N-dealkylation sites (tertiary alicyclic amines) is 1. The summed E-state index contributed by atoms with van der Waals surface area (Å²) in [6, 6.07) is 23.3. The Balaban J connectivity index is 1.41. The first kappa shape index (κ1) is 25.9. The fourth-order valence-corrected chi connectivity index (χ4v) is 5.17. The third-order valence-corrected chi connectivity index (χ3v) is 7.01. The van der Waals surface area contributed by atoms with Gasteiger partial charge in [0.05, 0.1) is 6.26 Å². The van der Waals surface area contributed by atoms with Crippen molar-refractivity contribution in [3.8, 4) is 39.9 Å². The topological polar surface area (TPSA) is 85.3 Å². The van der Waals surface area contributed by atoms with Gasteiger partial charge in [-0.25, -0.2) is 0 Å². The van der Waals surface area contributed by atoms with Gasteiger partial charge in [-0.1, -0.05) is 24.6 Å². The Labute approximate surface area is 223 Å². The Morgan fingerprint density at radius 1 is 0.842 bits per heavy atom. The highest BCUT2D eigenvalue weighted by Crippen LogP contribution is 2.41. The molecule has 0 aliphatic carbocycles. The summed E-state index contributed by atoms with van der Waals surface area (Å²) in [5.41, 5.74) is 1.57. The van der Waals surface area contributed by atoms with Crippen LogP contribution in [0.15, 0.2) is 78.9 Å². The molecule has 38 heavy (non-hydrogen) atoms. The van der Waals surface area contributed by atoms with E-state index in [0.717, 1.165) is 53.5 Å². The molecule has 1 aliphatic rings. The van der Waals surface area contributed by atoms with Crippen molar-refractivity contribution in [2.45, 2.75) is 19.3 Å². The van der Waals surface area contributed by atoms with Crippen LogP contribution < -0.4 is 13.7 Å². The quantitative estimate of drug-likeness (QED) is 0.256. The molecule has 198 valence electrons. The Kier molecular flexibility index (Phi) is 7.72. The predicted octanol–water partition coefficient (Wildman–Crippen LogP) is 6.21. The van der Waals surface area contributed by atoms with Crippen LogP contribution in [0, 0.1) is 0 Å². The predicted molar refractivity (Wildman–Crippen MR) is 149 cm³/mol. The molecule has 1 heterocycles. The lowest BCUT2D eigenvalue weighted by Crippen LogP contribution is -2.33. The molecule has 7 nitrogen and oxygen atoms in total. The lowest BCUT2D eigenvalue weighted by molar-refractivity contribution is 0.183. The second kappa shape index (κ2) is 11.3. The van der Waals surface area contributed by atoms with Crippen molar-refractivity contribution in [1.82, 2.24) is 4.90 Å². The van der Waals surface area contributed by atoms with Crippen molar-refractivity contribution in [1.29, 1.82) is 0 Å². The van der Waals surface area contributed by atoms with Gasteiger partial charge >= 0.3 is 10.1 Å². The minimum Gasteiger partial charge on any atom is -0.508 e. The molecule has 1 saturated heterocycles. The molecule has 1 N–H and O–H groups in total. The normalized spacial score (nSPS) is 14.3. The molecule has 0 spiro atoms. The molecule has 0 atom stereocenters. The highest BCUT2D eigenvalue weighted by atomic mass is 32.2. The number of ether oxygens (including phenoxy) is 2. The fraction of sp³-hybridized carbons (Fsp3) is 0.267. The van der Waals surface area contributed by atoms with Crippen molar-refractivity contribution in [2.24, 2.45) is 0 Å². The molecule has 0 unspecified atom stereocenters. The van der Waals surface area contributed by atoms with Crippen molar-refractivity contribution < 1.29 is 27.2 Å². The monoisotopic (exact) mass is 533 g/mol. The van der Waals surface area contributed by atoms with Gasteiger partial charge in [-0.15, -0.1) is 0 Å². The first-order valence-corrected chi connectivity index (χ1v) is 14.5. The van der Waals surface area contributed by atoms with Crippen LogP contribution in [0.1, 0.15) is 19.3 Å². The average Bonchev–Trinajstić information content (AvgIpc) is 2.89. The minimum absolute atomic E-state index is 0.150. The zero-order valence-electron chi connectivity index (χ0n) is 21.3. The zero-order valence-corrected chi connectivity index (χ0v) is 22.1. The highest BCUT2D eigenvalue weighted by Gasteiger charge is 2.15. The third kappa shape index (κ3) is 6.57. The first-order chi connectivity index (χ1) is 18.3. The molecule has 0 amide bonds. The number of phenolic OH excluding ortho intramolecular Hbond substituents is 1. The maximum Gasteiger partial charge on any atom is 0.306 e. The summed E-state index contributed by atoms with van der Waals surface area (Å²) in [6.45, 7) is 3.85. The third-order valence-electron chi connectivity index (χ3n) is 6.52. The molecular formula is C30H31NO6S. The van der Waals surface area contributed by atoms with Gasteiger partial charge in [0.25, 0.3) is 0 Å². The van der Waals surface area contributed by atoms with Crippen LogP contribution in [0.2, 0.25) is 0 Å². The largest absolute Gasteiger partial charge is 0.508 e. The molecule has 8 heteroatoms. The van der Waals surface area contributed by atoms with Gasteiger partial charge in [0.2, 0.25) is 0 Å². The van der Waals surface area contributed by atoms with Crippen LogP contribution in [0.5, 0.6) is 28.7 Å². The van der Waals surface area contributed by atoms with E-state index in [-0.39, 0.29) is 11.5 Å². The summed E-state index contributed by atoms with van der Waals surface area (Å²) in [4.78, 5) is 2.44. The second-order valence-corrected chi connectivity index (χ2v) is 11.1. The number of piperidine rings is 1. The second-order valence-electron chi connectivity index (χ2n) is 9.49. The van der Waals surface area contributed by atoms with Crippen LogP contribution in [-0.4, -0.2) is 50.9 Å². The summed E-state index contributed by atoms with van der Waals surface area (Å²) >= 11 is 0. The van der Waals surface area contributed by atoms with Crippen molar-refractivity contribution in [3.63, 3.8) is 0 Å². The molecule has 5 rings (SSSR count). The number of fused-ring (bicyclic) bond motifs is 1. The maximum atomic E-state index is 11.6. The van der Waals surface area contributed by atoms with E-state index in [1.807, 2.05) is 42.5 Å². The van der Waals surface area contributed by atoms with E-state index < -0.39 is 10.1 Å². The molecule has 1 aliphatic heterocycles. The average molecular weight is 534 g/mol. The van der Waals surface area contributed by atoms with E-state index in [9.17, 15) is 13.5 Å². The number of rotatable bonds is 9. The van der Waals surface area contributed by atoms with Crippen LogP contribution in [0.25, 0.3) is 21.9 Å². The van der Waals surface area contributed by atoms with E-state index in [1.54, 1.807) is 36.4 Å². The summed E-state index contributed by atoms with van der Waals surface area (Å²) in [5, 5.41) is 11.6. The molecule has 4 aromatic carbocycles. The van der Waals surface area contributed by atoms with Gasteiger partial charge in [0, 0.05) is 17.5 Å². The summed E-state index contributed by atoms with van der Waals surface area (Å²) in [6.07, 6.45) is 4.85. The summed E-state index contributed by atoms with van der Waals surface area (Å²) < 4.78 is 40.6. The van der Waals surface area contributed by atoms with Gasteiger partial charge in [0.1, 0.15) is 35.4 Å². The van der Waals surface area contributed by atoms with Gasteiger partial charge in [-0.2, -0.15) is 8.42 Å². The molecule has 4 aromatic rings. The summed E-state index contributed by atoms with van der Waals surface area (Å²) in [7, 11) is -3.65. The van der Waals surface area contributed by atoms with Crippen molar-refractivity contribution >= 4 is 20.9 Å². The molecule has 0 radical (unpaired) electrons. The van der Waals surface area contributed by atoms with Gasteiger partial charge < -0.3 is 18.8 Å². The van der Waals surface area contributed by atoms with E-state index in [0.29, 0.717) is 18.1 Å². The maximum absolute atomic E-state index is 11.6. The van der Waals surface area contributed by atoms with Crippen LogP contribution in [0.3, 0.4) is 0 Å². The van der Waals surface area contributed by atoms with Crippen LogP contribution in [-0.2, 0) is 10.1 Å². The molecular weight excluding hydrogens is 502 g/mol. The molecule has 1 fully saturated rings. The smallest absolute Gasteiger partial charge is 0.306 e. The Hall–Kier alpha value is -3.75. The van der Waals surface area contributed by atoms with Crippen LogP contribution in [0.4, 0.5) is 0 Å². The standard InChI is InChI=1S/C30H31NO6S/c1-38(33,34)37-27-13-15-29-23(21-27)8-14-28(22-6-5-7-24(32)20-22)30(29)36-26-11-9-25(10-12-26)35-19-18-31-16-3-2-4-17-31/h5-15,20-21,32H,2-4,16-19H2,1H3. The van der Waals surface area contributed by atoms with Gasteiger partial charge in [0.15, 0.2) is 0 Å². The number of hydrogen-bond acceptors (Lipinski definition) is 7. The van der Waals surface area contributed by atoms with E-state index in [4.69, 9.17) is 13.7 Å². The van der Waals surface area contributed by atoms with Crippen molar-refractivity contribution in [2.75, 3.05) is 32.5 Å². The lowest BCUT2D eigenvalue weighted by Gasteiger charge is -2.26. The summed E-state index contributed by atoms with van der Waals surface area (Å²) in [5.74, 6) is 2.36. The number of nitrogens with zero attached hydrogens (tertiary/aromatic N) is 1. The SMILES string of the molecule is CS(=O)(=O)Oc1ccc2c(Oc3ccc(OCCN4CCCCC4)cc3)c(-c3cccc(O)c3)ccc2c1. The Morgan fingerprint density at radius 3 is 2.32 bits per heavy atom. The lowest BCUT2D eigenvalue weighted by atomic mass is 9.99. The van der Waals surface area contributed by atoms with E-state index in [2.05, 4.69) is 4.90 Å². The highest BCUT2D eigenvalue weighted by molar-refractivity contribution is 7.86. The van der Waals surface area contributed by atoms with E-state index in [1.165, 1.54) is 19.3 Å². The molecule has 0 bridgehead atoms. The number of hydrogen-bond donors (Lipinski definition) is 1. The number of phenols is 1. The molecule has 0 saturated carbocycles. The van der Waals surface area contributed by atoms with Crippen molar-refractivity contribution in [3.05, 3.63) is 78.9 Å². The zero-order chi connectivity index (χ0) is 26.5. The van der Waals surface area contributed by atoms with Gasteiger partial charge in [-0.05, 0) is 97.5 Å². The number of aromatic hydroxyl groups is 1. The Morgan fingerprint density at radius 2 is 1.58 bits per heavy atom. The fourth-order valence-electron chi connectivity index (χ4n) is 4.71. The first-order valence-electron chi connectivity index (χ1n) is 12.7. The van der Waals surface area contributed by atoms with Crippen LogP contribution >= 0.6 is 0 Å². The molecule has 0 aromatic heterocycles. The Bertz CT molecular complexity index is 1510. The van der Waals surface area contributed by atoms with E-state index >= 15 is 0 Å². The van der Waals surface area contributed by atoms with Gasteiger partial charge in [-0.3, -0.25) is 4.90 Å².